The lowest BCUT2D eigenvalue weighted by Gasteiger charge is -2.20. The van der Waals surface area contributed by atoms with E-state index >= 15 is 0 Å². The van der Waals surface area contributed by atoms with Gasteiger partial charge in [0, 0.05) is 10.6 Å². The second kappa shape index (κ2) is 5.93. The van der Waals surface area contributed by atoms with Crippen LogP contribution in [0.3, 0.4) is 0 Å². The van der Waals surface area contributed by atoms with Crippen LogP contribution < -0.4 is 0 Å². The van der Waals surface area contributed by atoms with Crippen molar-refractivity contribution in [2.75, 3.05) is 0 Å². The van der Waals surface area contributed by atoms with E-state index in [1.807, 2.05) is 49.4 Å². The van der Waals surface area contributed by atoms with Crippen molar-refractivity contribution in [1.82, 2.24) is 0 Å². The molecule has 0 aromatic heterocycles. The van der Waals surface area contributed by atoms with Gasteiger partial charge in [-0.05, 0) is 36.2 Å². The van der Waals surface area contributed by atoms with Crippen LogP contribution in [0.5, 0.6) is 0 Å². The lowest BCUT2D eigenvalue weighted by molar-refractivity contribution is 0.0960. The van der Waals surface area contributed by atoms with Crippen LogP contribution in [-0.2, 0) is 5.60 Å². The molecule has 2 heteroatoms. The Morgan fingerprint density at radius 3 is 2.26 bits per heavy atom. The highest BCUT2D eigenvalue weighted by Crippen LogP contribution is 2.25. The fraction of sp³-hybridized carbons (Fsp3) is 0.176. The molecule has 0 aliphatic rings. The summed E-state index contributed by atoms with van der Waals surface area (Å²) in [7, 11) is 0. The van der Waals surface area contributed by atoms with Gasteiger partial charge in [-0.25, -0.2) is 0 Å². The molecule has 0 amide bonds. The fourth-order valence-corrected chi connectivity index (χ4v) is 1.91. The van der Waals surface area contributed by atoms with Crippen LogP contribution in [0.4, 0.5) is 0 Å². The normalized spacial score (nSPS) is 13.2. The Hall–Kier alpha value is -1.75. The van der Waals surface area contributed by atoms with Crippen molar-refractivity contribution in [1.29, 1.82) is 0 Å². The molecular formula is C17H15ClO. The highest BCUT2D eigenvalue weighted by Gasteiger charge is 2.24. The molecule has 2 rings (SSSR count). The molecule has 96 valence electrons. The maximum atomic E-state index is 10.6. The second-order valence-corrected chi connectivity index (χ2v) is 4.77. The van der Waals surface area contributed by atoms with Gasteiger partial charge in [0.15, 0.2) is 5.60 Å². The number of rotatable bonds is 2. The van der Waals surface area contributed by atoms with Gasteiger partial charge in [0.2, 0.25) is 0 Å². The average molecular weight is 271 g/mol. The van der Waals surface area contributed by atoms with Crippen molar-refractivity contribution in [3.05, 3.63) is 70.7 Å². The predicted octanol–water partition coefficient (Wildman–Crippen LogP) is 3.99. The van der Waals surface area contributed by atoms with E-state index in [2.05, 4.69) is 11.8 Å². The minimum Gasteiger partial charge on any atom is -0.373 e. The standard InChI is InChI=1S/C17H15ClO/c1-2-17(19,15-8-10-16(18)11-9-15)13-12-14-6-4-3-5-7-14/h3-11,19H,2H2,1H3. The summed E-state index contributed by atoms with van der Waals surface area (Å²) in [6, 6.07) is 16.8. The van der Waals surface area contributed by atoms with Crippen LogP contribution in [0.1, 0.15) is 24.5 Å². The summed E-state index contributed by atoms with van der Waals surface area (Å²) in [4.78, 5) is 0. The largest absolute Gasteiger partial charge is 0.373 e. The highest BCUT2D eigenvalue weighted by atomic mass is 35.5. The first-order valence-corrected chi connectivity index (χ1v) is 6.58. The molecule has 1 N–H and O–H groups in total. The van der Waals surface area contributed by atoms with Gasteiger partial charge in [0.25, 0.3) is 0 Å². The minimum atomic E-state index is -1.14. The first kappa shape index (κ1) is 13.7. The summed E-state index contributed by atoms with van der Waals surface area (Å²) in [6.45, 7) is 1.91. The third kappa shape index (κ3) is 3.38. The molecule has 0 bridgehead atoms. The van der Waals surface area contributed by atoms with Crippen LogP contribution in [0.25, 0.3) is 0 Å². The van der Waals surface area contributed by atoms with Crippen molar-refractivity contribution in [2.45, 2.75) is 18.9 Å². The van der Waals surface area contributed by atoms with Gasteiger partial charge in [0.05, 0.1) is 0 Å². The Kier molecular flexibility index (Phi) is 4.27. The second-order valence-electron chi connectivity index (χ2n) is 4.34. The SMILES string of the molecule is CCC(O)(C#Cc1ccccc1)c1ccc(Cl)cc1. The summed E-state index contributed by atoms with van der Waals surface area (Å²) in [5.41, 5.74) is 0.520. The summed E-state index contributed by atoms with van der Waals surface area (Å²) in [5, 5.41) is 11.3. The summed E-state index contributed by atoms with van der Waals surface area (Å²) < 4.78 is 0. The van der Waals surface area contributed by atoms with Crippen LogP contribution in [0.2, 0.25) is 5.02 Å². The van der Waals surface area contributed by atoms with Crippen LogP contribution in [0.15, 0.2) is 54.6 Å². The van der Waals surface area contributed by atoms with Crippen molar-refractivity contribution < 1.29 is 5.11 Å². The average Bonchev–Trinajstić information content (AvgIpc) is 2.46. The highest BCUT2D eigenvalue weighted by molar-refractivity contribution is 6.30. The van der Waals surface area contributed by atoms with Gasteiger partial charge in [-0.15, -0.1) is 0 Å². The maximum absolute atomic E-state index is 10.6. The molecule has 0 radical (unpaired) electrons. The summed E-state index contributed by atoms with van der Waals surface area (Å²) in [5.74, 6) is 5.98. The van der Waals surface area contributed by atoms with E-state index in [4.69, 9.17) is 11.6 Å². The molecule has 0 spiro atoms. The van der Waals surface area contributed by atoms with E-state index in [-0.39, 0.29) is 0 Å². The zero-order valence-electron chi connectivity index (χ0n) is 10.7. The fourth-order valence-electron chi connectivity index (χ4n) is 1.79. The van der Waals surface area contributed by atoms with Gasteiger partial charge in [-0.3, -0.25) is 0 Å². The number of hydrogen-bond donors (Lipinski definition) is 1. The van der Waals surface area contributed by atoms with Crippen molar-refractivity contribution in [3.8, 4) is 11.8 Å². The molecule has 0 heterocycles. The quantitative estimate of drug-likeness (QED) is 0.818. The van der Waals surface area contributed by atoms with Crippen molar-refractivity contribution in [3.63, 3.8) is 0 Å². The zero-order valence-corrected chi connectivity index (χ0v) is 11.5. The molecule has 1 unspecified atom stereocenters. The molecule has 0 saturated heterocycles. The molecule has 0 aliphatic heterocycles. The third-order valence-corrected chi connectivity index (χ3v) is 3.27. The van der Waals surface area contributed by atoms with E-state index in [1.165, 1.54) is 0 Å². The van der Waals surface area contributed by atoms with E-state index in [1.54, 1.807) is 12.1 Å². The van der Waals surface area contributed by atoms with Crippen LogP contribution >= 0.6 is 11.6 Å². The lowest BCUT2D eigenvalue weighted by atomic mass is 9.91. The summed E-state index contributed by atoms with van der Waals surface area (Å²) >= 11 is 5.86. The number of aliphatic hydroxyl groups is 1. The maximum Gasteiger partial charge on any atom is 0.151 e. The van der Waals surface area contributed by atoms with Crippen LogP contribution in [-0.4, -0.2) is 5.11 Å². The topological polar surface area (TPSA) is 20.2 Å². The molecule has 0 fully saturated rings. The Balaban J connectivity index is 2.33. The molecule has 1 nitrogen and oxygen atoms in total. The molecule has 2 aromatic carbocycles. The number of hydrogen-bond acceptors (Lipinski definition) is 1. The number of halogens is 1. The molecule has 0 saturated carbocycles. The van der Waals surface area contributed by atoms with Gasteiger partial charge in [-0.1, -0.05) is 60.7 Å². The van der Waals surface area contributed by atoms with Crippen molar-refractivity contribution >= 4 is 11.6 Å². The zero-order chi connectivity index (χ0) is 13.7. The van der Waals surface area contributed by atoms with E-state index < -0.39 is 5.60 Å². The van der Waals surface area contributed by atoms with Gasteiger partial charge in [0.1, 0.15) is 0 Å². The van der Waals surface area contributed by atoms with E-state index in [9.17, 15) is 5.11 Å². The first-order valence-electron chi connectivity index (χ1n) is 6.21. The van der Waals surface area contributed by atoms with Gasteiger partial charge in [-0.2, -0.15) is 0 Å². The number of benzene rings is 2. The lowest BCUT2D eigenvalue weighted by Crippen LogP contribution is -2.22. The van der Waals surface area contributed by atoms with Gasteiger partial charge >= 0.3 is 0 Å². The van der Waals surface area contributed by atoms with Crippen LogP contribution in [0, 0.1) is 11.8 Å². The predicted molar refractivity (Wildman–Crippen MR) is 79.0 cm³/mol. The third-order valence-electron chi connectivity index (χ3n) is 3.02. The smallest absolute Gasteiger partial charge is 0.151 e. The Labute approximate surface area is 118 Å². The minimum absolute atomic E-state index is 0.522. The monoisotopic (exact) mass is 270 g/mol. The molecule has 0 aliphatic carbocycles. The molecular weight excluding hydrogens is 256 g/mol. The van der Waals surface area contributed by atoms with E-state index in [0.717, 1.165) is 11.1 Å². The van der Waals surface area contributed by atoms with E-state index in [0.29, 0.717) is 11.4 Å². The Morgan fingerprint density at radius 1 is 1.05 bits per heavy atom. The van der Waals surface area contributed by atoms with Gasteiger partial charge < -0.3 is 5.11 Å². The Morgan fingerprint density at radius 2 is 1.68 bits per heavy atom. The molecule has 19 heavy (non-hydrogen) atoms. The molecule has 2 aromatic rings. The first-order chi connectivity index (χ1) is 9.14. The molecule has 1 atom stereocenters. The summed E-state index contributed by atoms with van der Waals surface area (Å²) in [6.07, 6.45) is 0.522. The van der Waals surface area contributed by atoms with Crippen molar-refractivity contribution in [2.24, 2.45) is 0 Å². The Bertz CT molecular complexity index is 593.